The molecule has 0 aromatic carbocycles. The summed E-state index contributed by atoms with van der Waals surface area (Å²) in [6.07, 6.45) is -2.15. The molecule has 2 heterocycles. The smallest absolute Gasteiger partial charge is 0.337 e. The second-order valence-electron chi connectivity index (χ2n) is 5.61. The topological polar surface area (TPSA) is 37.6 Å². The molecule has 0 unspecified atom stereocenters. The zero-order valence-corrected chi connectivity index (χ0v) is 14.5. The quantitative estimate of drug-likeness (QED) is 0.781. The third-order valence-electron chi connectivity index (χ3n) is 3.65. The molecule has 2 rings (SSSR count). The normalized spacial score (nSPS) is 12.0. The summed E-state index contributed by atoms with van der Waals surface area (Å²) >= 11 is 5.95. The Kier molecular flexibility index (Phi) is 5.42. The van der Waals surface area contributed by atoms with Gasteiger partial charge in [-0.1, -0.05) is 25.4 Å². The molecule has 0 saturated heterocycles. The molecule has 4 nitrogen and oxygen atoms in total. The average Bonchev–Trinajstić information content (AvgIpc) is 2.82. The van der Waals surface area contributed by atoms with Gasteiger partial charge in [0, 0.05) is 19.3 Å². The van der Waals surface area contributed by atoms with Crippen molar-refractivity contribution in [2.75, 3.05) is 13.1 Å². The van der Waals surface area contributed by atoms with Gasteiger partial charge in [-0.15, -0.1) is 0 Å². The number of hydrogen-bond donors (Lipinski definition) is 0. The third kappa shape index (κ3) is 3.50. The van der Waals surface area contributed by atoms with Gasteiger partial charge in [0.2, 0.25) is 0 Å². The van der Waals surface area contributed by atoms with Crippen molar-refractivity contribution in [3.05, 3.63) is 34.2 Å². The molecule has 0 spiro atoms. The van der Waals surface area contributed by atoms with E-state index in [1.165, 1.54) is 0 Å². The van der Waals surface area contributed by atoms with Gasteiger partial charge in [-0.3, -0.25) is 9.20 Å². The van der Waals surface area contributed by atoms with Crippen LogP contribution in [0, 0.1) is 6.92 Å². The molecule has 0 saturated carbocycles. The fraction of sp³-hybridized carbons (Fsp3) is 0.500. The fourth-order valence-corrected chi connectivity index (χ4v) is 2.89. The number of carbonyl (C=O) groups excluding carboxylic acids is 1. The van der Waals surface area contributed by atoms with Crippen molar-refractivity contribution in [2.45, 2.75) is 39.8 Å². The average molecular weight is 362 g/mol. The molecule has 0 bridgehead atoms. The Morgan fingerprint density at radius 3 is 2.38 bits per heavy atom. The van der Waals surface area contributed by atoms with E-state index in [-0.39, 0.29) is 22.3 Å². The van der Waals surface area contributed by atoms with Crippen molar-refractivity contribution in [3.8, 4) is 0 Å². The highest BCUT2D eigenvalue weighted by molar-refractivity contribution is 6.33. The zero-order chi connectivity index (χ0) is 18.1. The molecular formula is C16H19ClF3N3O. The van der Waals surface area contributed by atoms with Crippen LogP contribution in [0.2, 0.25) is 5.02 Å². The molecule has 132 valence electrons. The van der Waals surface area contributed by atoms with Crippen molar-refractivity contribution in [2.24, 2.45) is 0 Å². The van der Waals surface area contributed by atoms with Crippen LogP contribution in [0.4, 0.5) is 13.2 Å². The zero-order valence-electron chi connectivity index (χ0n) is 13.7. The van der Waals surface area contributed by atoms with Crippen LogP contribution in [0.3, 0.4) is 0 Å². The number of fused-ring (bicyclic) bond motifs is 1. The van der Waals surface area contributed by atoms with E-state index >= 15 is 0 Å². The van der Waals surface area contributed by atoms with Gasteiger partial charge in [0.05, 0.1) is 16.3 Å². The first-order valence-corrected chi connectivity index (χ1v) is 8.13. The van der Waals surface area contributed by atoms with E-state index in [0.29, 0.717) is 18.8 Å². The maximum absolute atomic E-state index is 13.0. The molecule has 0 aliphatic carbocycles. The standard InChI is InChI=1S/C16H19ClF3N3O/c1-4-6-22(7-5-2)15(24)13-10(3)21-14-12(17)8-11(9-23(13)14)16(18,19)20/h8-9H,4-7H2,1-3H3. The van der Waals surface area contributed by atoms with Gasteiger partial charge in [0.25, 0.3) is 5.91 Å². The molecule has 24 heavy (non-hydrogen) atoms. The molecule has 2 aromatic heterocycles. The number of halogens is 4. The summed E-state index contributed by atoms with van der Waals surface area (Å²) in [5, 5.41) is -0.135. The van der Waals surface area contributed by atoms with Crippen LogP contribution in [-0.4, -0.2) is 33.3 Å². The van der Waals surface area contributed by atoms with Crippen molar-refractivity contribution in [1.29, 1.82) is 0 Å². The van der Waals surface area contributed by atoms with E-state index in [2.05, 4.69) is 4.98 Å². The van der Waals surface area contributed by atoms with E-state index in [4.69, 9.17) is 11.6 Å². The Morgan fingerprint density at radius 1 is 1.29 bits per heavy atom. The van der Waals surface area contributed by atoms with E-state index in [9.17, 15) is 18.0 Å². The Labute approximate surface area is 143 Å². The summed E-state index contributed by atoms with van der Waals surface area (Å²) in [7, 11) is 0. The van der Waals surface area contributed by atoms with Crippen molar-refractivity contribution >= 4 is 23.2 Å². The minimum absolute atomic E-state index is 0.125. The Morgan fingerprint density at radius 2 is 1.88 bits per heavy atom. The van der Waals surface area contributed by atoms with Gasteiger partial charge < -0.3 is 4.90 Å². The number of aryl methyl sites for hydroxylation is 1. The largest absolute Gasteiger partial charge is 0.417 e. The highest BCUT2D eigenvalue weighted by atomic mass is 35.5. The second-order valence-corrected chi connectivity index (χ2v) is 6.01. The maximum atomic E-state index is 13.0. The minimum Gasteiger partial charge on any atom is -0.337 e. The number of amides is 1. The molecule has 0 radical (unpaired) electrons. The number of nitrogens with zero attached hydrogens (tertiary/aromatic N) is 3. The van der Waals surface area contributed by atoms with Crippen molar-refractivity contribution in [1.82, 2.24) is 14.3 Å². The maximum Gasteiger partial charge on any atom is 0.417 e. The monoisotopic (exact) mass is 361 g/mol. The number of rotatable bonds is 5. The van der Waals surface area contributed by atoms with Gasteiger partial charge in [0.1, 0.15) is 5.69 Å². The van der Waals surface area contributed by atoms with Crippen molar-refractivity contribution in [3.63, 3.8) is 0 Å². The summed E-state index contributed by atoms with van der Waals surface area (Å²) in [4.78, 5) is 18.6. The highest BCUT2D eigenvalue weighted by Crippen LogP contribution is 2.33. The Balaban J connectivity index is 2.63. The molecule has 2 aromatic rings. The predicted octanol–water partition coefficient (Wildman–Crippen LogP) is 4.58. The Bertz CT molecular complexity index is 749. The lowest BCUT2D eigenvalue weighted by Gasteiger charge is -2.21. The summed E-state index contributed by atoms with van der Waals surface area (Å²) < 4.78 is 40.3. The number of pyridine rings is 1. The molecule has 0 fully saturated rings. The van der Waals surface area contributed by atoms with Gasteiger partial charge in [-0.2, -0.15) is 13.2 Å². The van der Waals surface area contributed by atoms with Crippen LogP contribution in [0.5, 0.6) is 0 Å². The van der Waals surface area contributed by atoms with Gasteiger partial charge in [0.15, 0.2) is 5.65 Å². The third-order valence-corrected chi connectivity index (χ3v) is 3.93. The fourth-order valence-electron chi connectivity index (χ4n) is 2.63. The first-order valence-electron chi connectivity index (χ1n) is 7.75. The summed E-state index contributed by atoms with van der Waals surface area (Å²) in [5.74, 6) is -0.334. The van der Waals surface area contributed by atoms with Crippen LogP contribution in [0.15, 0.2) is 12.3 Å². The second kappa shape index (κ2) is 7.01. The summed E-state index contributed by atoms with van der Waals surface area (Å²) in [5.41, 5.74) is -0.277. The van der Waals surface area contributed by atoms with E-state index in [1.54, 1.807) is 11.8 Å². The Hall–Kier alpha value is -1.76. The number of carbonyl (C=O) groups is 1. The van der Waals surface area contributed by atoms with Crippen LogP contribution in [0.1, 0.15) is 48.4 Å². The number of hydrogen-bond acceptors (Lipinski definition) is 2. The lowest BCUT2D eigenvalue weighted by Crippen LogP contribution is -2.33. The molecule has 0 aliphatic rings. The van der Waals surface area contributed by atoms with E-state index in [1.807, 2.05) is 13.8 Å². The van der Waals surface area contributed by atoms with Gasteiger partial charge >= 0.3 is 6.18 Å². The van der Waals surface area contributed by atoms with E-state index in [0.717, 1.165) is 29.5 Å². The molecule has 0 aliphatic heterocycles. The number of aromatic nitrogens is 2. The molecule has 0 atom stereocenters. The molecule has 8 heteroatoms. The van der Waals surface area contributed by atoms with Gasteiger partial charge in [-0.25, -0.2) is 4.98 Å². The van der Waals surface area contributed by atoms with Crippen LogP contribution < -0.4 is 0 Å². The number of imidazole rings is 1. The number of alkyl halides is 3. The van der Waals surface area contributed by atoms with Crippen molar-refractivity contribution < 1.29 is 18.0 Å². The van der Waals surface area contributed by atoms with Gasteiger partial charge in [-0.05, 0) is 25.8 Å². The summed E-state index contributed by atoms with van der Waals surface area (Å²) in [6.45, 7) is 6.55. The first kappa shape index (κ1) is 18.6. The molecule has 1 amide bonds. The lowest BCUT2D eigenvalue weighted by molar-refractivity contribution is -0.137. The highest BCUT2D eigenvalue weighted by Gasteiger charge is 2.33. The predicted molar refractivity (Wildman–Crippen MR) is 86.4 cm³/mol. The summed E-state index contributed by atoms with van der Waals surface area (Å²) in [6, 6.07) is 0.827. The first-order chi connectivity index (χ1) is 11.2. The van der Waals surface area contributed by atoms with Crippen LogP contribution >= 0.6 is 11.6 Å². The molecular weight excluding hydrogens is 343 g/mol. The van der Waals surface area contributed by atoms with Crippen LogP contribution in [-0.2, 0) is 6.18 Å². The SMILES string of the molecule is CCCN(CCC)C(=O)c1c(C)nc2c(Cl)cc(C(F)(F)F)cn12. The minimum atomic E-state index is -4.55. The van der Waals surface area contributed by atoms with Crippen LogP contribution in [0.25, 0.3) is 5.65 Å². The molecule has 0 N–H and O–H groups in total. The lowest BCUT2D eigenvalue weighted by atomic mass is 10.2. The van der Waals surface area contributed by atoms with E-state index < -0.39 is 11.7 Å².